The van der Waals surface area contributed by atoms with Crippen LogP contribution >= 0.6 is 0 Å². The number of esters is 1. The molecule has 2 saturated heterocycles. The number of carbonyl (C=O) groups excluding carboxylic acids is 4. The van der Waals surface area contributed by atoms with Gasteiger partial charge in [0.1, 0.15) is 12.1 Å². The van der Waals surface area contributed by atoms with Gasteiger partial charge < -0.3 is 19.7 Å². The average Bonchev–Trinajstić information content (AvgIpc) is 2.92. The molecule has 1 atom stereocenters. The summed E-state index contributed by atoms with van der Waals surface area (Å²) in [5.41, 5.74) is -0.891. The van der Waals surface area contributed by atoms with E-state index in [1.807, 2.05) is 0 Å². The van der Waals surface area contributed by atoms with Crippen LogP contribution in [0.15, 0.2) is 0 Å². The molecule has 2 aliphatic heterocycles. The molecule has 28 heavy (non-hydrogen) atoms. The molecule has 3 rings (SSSR count). The van der Waals surface area contributed by atoms with Crippen LogP contribution in [0.5, 0.6) is 0 Å². The van der Waals surface area contributed by atoms with Crippen molar-refractivity contribution in [3.8, 4) is 0 Å². The number of ether oxygens (including phenoxy) is 2. The molecule has 2 heterocycles. The first-order valence-corrected chi connectivity index (χ1v) is 10.1. The van der Waals surface area contributed by atoms with Crippen molar-refractivity contribution in [1.29, 1.82) is 0 Å². The number of urea groups is 1. The van der Waals surface area contributed by atoms with Gasteiger partial charge in [-0.05, 0) is 38.5 Å². The molecule has 1 saturated carbocycles. The second kappa shape index (κ2) is 8.46. The van der Waals surface area contributed by atoms with Crippen LogP contribution < -0.4 is 5.32 Å². The number of nitrogens with one attached hydrogen (secondary N) is 1. The third kappa shape index (κ3) is 4.14. The predicted molar refractivity (Wildman–Crippen MR) is 98.2 cm³/mol. The lowest BCUT2D eigenvalue weighted by molar-refractivity contribution is -0.162. The van der Waals surface area contributed by atoms with E-state index < -0.39 is 30.2 Å². The average molecular weight is 395 g/mol. The van der Waals surface area contributed by atoms with Gasteiger partial charge in [-0.25, -0.2) is 4.79 Å². The summed E-state index contributed by atoms with van der Waals surface area (Å²) < 4.78 is 10.4. The fourth-order valence-electron chi connectivity index (χ4n) is 4.19. The Kier molecular flexibility index (Phi) is 6.22. The van der Waals surface area contributed by atoms with E-state index in [0.29, 0.717) is 45.1 Å². The molecule has 0 aromatic rings. The van der Waals surface area contributed by atoms with Crippen molar-refractivity contribution in [2.45, 2.75) is 57.6 Å². The van der Waals surface area contributed by atoms with Crippen LogP contribution in [-0.2, 0) is 23.9 Å². The highest BCUT2D eigenvalue weighted by Crippen LogP contribution is 2.37. The topological polar surface area (TPSA) is 105 Å². The summed E-state index contributed by atoms with van der Waals surface area (Å²) >= 11 is 0. The Morgan fingerprint density at radius 3 is 2.50 bits per heavy atom. The van der Waals surface area contributed by atoms with Crippen LogP contribution in [0.25, 0.3) is 0 Å². The monoisotopic (exact) mass is 395 g/mol. The summed E-state index contributed by atoms with van der Waals surface area (Å²) in [7, 11) is 0. The van der Waals surface area contributed by atoms with Crippen LogP contribution in [0, 0.1) is 5.92 Å². The molecule has 0 bridgehead atoms. The second-order valence-electron chi connectivity index (χ2n) is 7.82. The van der Waals surface area contributed by atoms with E-state index >= 15 is 0 Å². The van der Waals surface area contributed by atoms with Crippen LogP contribution in [0.2, 0.25) is 0 Å². The summed E-state index contributed by atoms with van der Waals surface area (Å²) in [6.07, 6.45) is 3.03. The Morgan fingerprint density at radius 2 is 1.89 bits per heavy atom. The summed E-state index contributed by atoms with van der Waals surface area (Å²) in [6, 6.07) is -0.566. The van der Waals surface area contributed by atoms with E-state index in [2.05, 4.69) is 12.2 Å². The Morgan fingerprint density at radius 1 is 1.25 bits per heavy atom. The van der Waals surface area contributed by atoms with Crippen LogP contribution in [-0.4, -0.2) is 78.1 Å². The van der Waals surface area contributed by atoms with E-state index in [-0.39, 0.29) is 11.8 Å². The van der Waals surface area contributed by atoms with E-state index in [1.54, 1.807) is 4.90 Å². The first kappa shape index (κ1) is 20.6. The number of hydrogen-bond donors (Lipinski definition) is 1. The zero-order valence-electron chi connectivity index (χ0n) is 16.6. The molecular formula is C19H29N3O6. The van der Waals surface area contributed by atoms with Crippen molar-refractivity contribution in [2.75, 3.05) is 32.8 Å². The molecular weight excluding hydrogens is 366 g/mol. The summed E-state index contributed by atoms with van der Waals surface area (Å²) in [4.78, 5) is 52.2. The maximum absolute atomic E-state index is 12.8. The number of imide groups is 1. The van der Waals surface area contributed by atoms with Crippen LogP contribution in [0.1, 0.15) is 46.0 Å². The molecule has 1 spiro atoms. The maximum atomic E-state index is 12.8. The van der Waals surface area contributed by atoms with Gasteiger partial charge >= 0.3 is 12.0 Å². The molecule has 4 amide bonds. The largest absolute Gasteiger partial charge is 0.451 e. The van der Waals surface area contributed by atoms with Gasteiger partial charge in [0.05, 0.1) is 13.2 Å². The molecule has 0 aromatic carbocycles. The van der Waals surface area contributed by atoms with E-state index in [4.69, 9.17) is 9.47 Å². The van der Waals surface area contributed by atoms with Gasteiger partial charge in [-0.2, -0.15) is 0 Å². The zero-order chi connectivity index (χ0) is 20.3. The van der Waals surface area contributed by atoms with Gasteiger partial charge in [0.2, 0.25) is 0 Å². The Labute approximate surface area is 164 Å². The van der Waals surface area contributed by atoms with Gasteiger partial charge in [-0.15, -0.1) is 0 Å². The van der Waals surface area contributed by atoms with Gasteiger partial charge in [0, 0.05) is 13.1 Å². The SMILES string of the molecule is CCC1CCC2(CC1)NC(=O)N(CC(=O)OC(C)C(=O)N1CCOCC1)C2=O. The minimum Gasteiger partial charge on any atom is -0.451 e. The maximum Gasteiger partial charge on any atom is 0.327 e. The third-order valence-corrected chi connectivity index (χ3v) is 6.05. The Balaban J connectivity index is 1.54. The molecule has 9 nitrogen and oxygen atoms in total. The molecule has 3 aliphatic rings. The van der Waals surface area contributed by atoms with E-state index in [0.717, 1.165) is 24.2 Å². The first-order chi connectivity index (χ1) is 13.4. The lowest BCUT2D eigenvalue weighted by Crippen LogP contribution is -2.50. The first-order valence-electron chi connectivity index (χ1n) is 10.1. The van der Waals surface area contributed by atoms with Gasteiger partial charge in [-0.3, -0.25) is 19.3 Å². The highest BCUT2D eigenvalue weighted by atomic mass is 16.5. The second-order valence-corrected chi connectivity index (χ2v) is 7.82. The molecule has 1 aliphatic carbocycles. The van der Waals surface area contributed by atoms with Crippen molar-refractivity contribution in [3.63, 3.8) is 0 Å². The fourth-order valence-corrected chi connectivity index (χ4v) is 4.19. The summed E-state index contributed by atoms with van der Waals surface area (Å²) in [5.74, 6) is -0.863. The fraction of sp³-hybridized carbons (Fsp3) is 0.789. The number of carbonyl (C=O) groups is 4. The zero-order valence-corrected chi connectivity index (χ0v) is 16.6. The Bertz CT molecular complexity index is 638. The molecule has 0 radical (unpaired) electrons. The van der Waals surface area contributed by atoms with Crippen LogP contribution in [0.3, 0.4) is 0 Å². The van der Waals surface area contributed by atoms with Gasteiger partial charge in [0.25, 0.3) is 11.8 Å². The number of morpholine rings is 1. The normalized spacial score (nSPS) is 29.0. The van der Waals surface area contributed by atoms with Gasteiger partial charge in [0.15, 0.2) is 6.10 Å². The van der Waals surface area contributed by atoms with E-state index in [1.165, 1.54) is 6.92 Å². The number of amides is 4. The summed E-state index contributed by atoms with van der Waals surface area (Å²) in [5, 5.41) is 2.79. The lowest BCUT2D eigenvalue weighted by Gasteiger charge is -2.34. The van der Waals surface area contributed by atoms with Crippen molar-refractivity contribution in [1.82, 2.24) is 15.1 Å². The molecule has 1 unspecified atom stereocenters. The molecule has 1 N–H and O–H groups in total. The quantitative estimate of drug-likeness (QED) is 0.542. The van der Waals surface area contributed by atoms with Crippen molar-refractivity contribution in [3.05, 3.63) is 0 Å². The lowest BCUT2D eigenvalue weighted by atomic mass is 9.75. The Hall–Kier alpha value is -2.16. The number of hydrogen-bond acceptors (Lipinski definition) is 6. The van der Waals surface area contributed by atoms with Crippen molar-refractivity contribution < 1.29 is 28.7 Å². The minimum atomic E-state index is -0.972. The predicted octanol–water partition coefficient (Wildman–Crippen LogP) is 0.668. The highest BCUT2D eigenvalue weighted by Gasteiger charge is 2.52. The smallest absolute Gasteiger partial charge is 0.327 e. The molecule has 156 valence electrons. The standard InChI is InChI=1S/C19H29N3O6/c1-3-14-4-6-19(7-5-14)17(25)22(18(26)20-19)12-15(23)28-13(2)16(24)21-8-10-27-11-9-21/h13-14H,3-12H2,1-2H3,(H,20,26). The van der Waals surface area contributed by atoms with Gasteiger partial charge in [-0.1, -0.05) is 13.3 Å². The molecule has 0 aromatic heterocycles. The van der Waals surface area contributed by atoms with Crippen LogP contribution in [0.4, 0.5) is 4.79 Å². The minimum absolute atomic E-state index is 0.303. The molecule has 3 fully saturated rings. The number of nitrogens with zero attached hydrogens (tertiary/aromatic N) is 2. The van der Waals surface area contributed by atoms with Crippen molar-refractivity contribution >= 4 is 23.8 Å². The third-order valence-electron chi connectivity index (χ3n) is 6.05. The molecule has 9 heteroatoms. The van der Waals surface area contributed by atoms with E-state index in [9.17, 15) is 19.2 Å². The number of rotatable bonds is 5. The van der Waals surface area contributed by atoms with Crippen molar-refractivity contribution in [2.24, 2.45) is 5.92 Å². The highest BCUT2D eigenvalue weighted by molar-refractivity contribution is 6.08. The summed E-state index contributed by atoms with van der Waals surface area (Å²) in [6.45, 7) is 4.95.